The molecule has 1 heterocycles. The van der Waals surface area contributed by atoms with Crippen LogP contribution in [0.4, 0.5) is 0 Å². The molecule has 1 aliphatic heterocycles. The van der Waals surface area contributed by atoms with Crippen LogP contribution in [0.25, 0.3) is 0 Å². The van der Waals surface area contributed by atoms with Gasteiger partial charge in [0.2, 0.25) is 0 Å². The van der Waals surface area contributed by atoms with Gasteiger partial charge in [-0.1, -0.05) is 29.3 Å². The molecule has 0 spiro atoms. The molecule has 3 rings (SSSR count). The number of nitrogens with zero attached hydrogens (tertiary/aromatic N) is 1. The molecule has 0 bridgehead atoms. The lowest BCUT2D eigenvalue weighted by Gasteiger charge is -2.14. The van der Waals surface area contributed by atoms with E-state index in [9.17, 15) is 9.59 Å². The maximum Gasteiger partial charge on any atom is 0.261 e. The topological polar surface area (TPSA) is 37.4 Å². The molecule has 0 N–H and O–H groups in total. The second-order valence-electron chi connectivity index (χ2n) is 4.62. The lowest BCUT2D eigenvalue weighted by atomic mass is 10.1. The number of halogens is 3. The molecule has 0 fully saturated rings. The summed E-state index contributed by atoms with van der Waals surface area (Å²) in [6.45, 7) is 0.138. The van der Waals surface area contributed by atoms with E-state index in [-0.39, 0.29) is 18.4 Å². The fourth-order valence-electron chi connectivity index (χ4n) is 2.23. The van der Waals surface area contributed by atoms with E-state index in [4.69, 9.17) is 23.2 Å². The van der Waals surface area contributed by atoms with Gasteiger partial charge in [-0.15, -0.1) is 0 Å². The van der Waals surface area contributed by atoms with Gasteiger partial charge in [-0.2, -0.15) is 0 Å². The summed E-state index contributed by atoms with van der Waals surface area (Å²) in [4.78, 5) is 25.9. The Labute approximate surface area is 145 Å². The third-order valence-electron chi connectivity index (χ3n) is 3.28. The lowest BCUT2D eigenvalue weighted by Crippen LogP contribution is -2.29. The number of amides is 2. The van der Waals surface area contributed by atoms with Gasteiger partial charge in [-0.3, -0.25) is 14.5 Å². The van der Waals surface area contributed by atoms with Gasteiger partial charge in [0.15, 0.2) is 0 Å². The van der Waals surface area contributed by atoms with Crippen LogP contribution in [0.2, 0.25) is 10.0 Å². The van der Waals surface area contributed by atoms with Crippen LogP contribution in [-0.2, 0) is 6.54 Å². The highest BCUT2D eigenvalue weighted by molar-refractivity contribution is 14.1. The highest BCUT2D eigenvalue weighted by Crippen LogP contribution is 2.28. The van der Waals surface area contributed by atoms with Crippen LogP contribution in [-0.4, -0.2) is 16.7 Å². The van der Waals surface area contributed by atoms with Crippen molar-refractivity contribution in [3.63, 3.8) is 0 Å². The standard InChI is InChI=1S/C15H8Cl2INO2/c16-9-2-1-8(13(17)5-9)7-19-14(20)11-4-3-10(18)6-12(11)15(19)21/h1-6H,7H2. The molecule has 0 aromatic heterocycles. The van der Waals surface area contributed by atoms with Crippen LogP contribution >= 0.6 is 45.8 Å². The van der Waals surface area contributed by atoms with E-state index in [2.05, 4.69) is 22.6 Å². The molecule has 0 saturated carbocycles. The van der Waals surface area contributed by atoms with E-state index in [1.807, 2.05) is 6.07 Å². The number of fused-ring (bicyclic) bond motifs is 1. The normalized spacial score (nSPS) is 13.8. The monoisotopic (exact) mass is 431 g/mol. The molecule has 6 heteroatoms. The van der Waals surface area contributed by atoms with E-state index in [0.29, 0.717) is 26.7 Å². The minimum absolute atomic E-state index is 0.138. The first-order valence-electron chi connectivity index (χ1n) is 6.07. The van der Waals surface area contributed by atoms with E-state index < -0.39 is 0 Å². The average molecular weight is 432 g/mol. The van der Waals surface area contributed by atoms with Crippen molar-refractivity contribution in [3.05, 3.63) is 66.7 Å². The molecule has 0 radical (unpaired) electrons. The first kappa shape index (κ1) is 14.8. The van der Waals surface area contributed by atoms with Gasteiger partial charge in [0.25, 0.3) is 11.8 Å². The number of hydrogen-bond donors (Lipinski definition) is 0. The quantitative estimate of drug-likeness (QED) is 0.522. The fraction of sp³-hybridized carbons (Fsp3) is 0.0667. The summed E-state index contributed by atoms with van der Waals surface area (Å²) in [7, 11) is 0. The highest BCUT2D eigenvalue weighted by Gasteiger charge is 2.35. The van der Waals surface area contributed by atoms with Gasteiger partial charge in [0.05, 0.1) is 17.7 Å². The third kappa shape index (κ3) is 2.67. The minimum atomic E-state index is -0.294. The summed E-state index contributed by atoms with van der Waals surface area (Å²) in [5.74, 6) is -0.586. The number of benzene rings is 2. The Hall–Kier alpha value is -1.11. The van der Waals surface area contributed by atoms with Crippen LogP contribution in [0.1, 0.15) is 26.3 Å². The number of imide groups is 1. The fourth-order valence-corrected chi connectivity index (χ4v) is 3.19. The van der Waals surface area contributed by atoms with Gasteiger partial charge in [0, 0.05) is 13.6 Å². The Morgan fingerprint density at radius 1 is 0.952 bits per heavy atom. The second kappa shape index (κ2) is 5.59. The SMILES string of the molecule is O=C1c2ccc(I)cc2C(=O)N1Cc1ccc(Cl)cc1Cl. The van der Waals surface area contributed by atoms with Crippen LogP contribution < -0.4 is 0 Å². The van der Waals surface area contributed by atoms with E-state index in [1.165, 1.54) is 4.90 Å². The first-order chi connectivity index (χ1) is 9.97. The molecule has 0 atom stereocenters. The van der Waals surface area contributed by atoms with Gasteiger partial charge in [-0.05, 0) is 58.5 Å². The number of hydrogen-bond acceptors (Lipinski definition) is 2. The predicted molar refractivity (Wildman–Crippen MR) is 89.8 cm³/mol. The van der Waals surface area contributed by atoms with Crippen LogP contribution in [0, 0.1) is 3.57 Å². The van der Waals surface area contributed by atoms with Crippen LogP contribution in [0.5, 0.6) is 0 Å². The Kier molecular flexibility index (Phi) is 3.94. The van der Waals surface area contributed by atoms with Gasteiger partial charge < -0.3 is 0 Å². The zero-order valence-electron chi connectivity index (χ0n) is 10.6. The summed E-state index contributed by atoms with van der Waals surface area (Å²) in [5.41, 5.74) is 1.56. The number of carbonyl (C=O) groups is 2. The smallest absolute Gasteiger partial charge is 0.261 e. The molecule has 106 valence electrons. The van der Waals surface area contributed by atoms with Gasteiger partial charge in [-0.25, -0.2) is 0 Å². The largest absolute Gasteiger partial charge is 0.270 e. The Balaban J connectivity index is 1.95. The van der Waals surface area contributed by atoms with Crippen molar-refractivity contribution in [2.45, 2.75) is 6.54 Å². The molecule has 0 unspecified atom stereocenters. The molecular formula is C15H8Cl2INO2. The maximum absolute atomic E-state index is 12.4. The Morgan fingerprint density at radius 2 is 1.67 bits per heavy atom. The second-order valence-corrected chi connectivity index (χ2v) is 6.71. The van der Waals surface area contributed by atoms with Crippen molar-refractivity contribution in [1.29, 1.82) is 0 Å². The average Bonchev–Trinajstić information content (AvgIpc) is 2.66. The molecule has 1 aliphatic rings. The maximum atomic E-state index is 12.4. The molecule has 21 heavy (non-hydrogen) atoms. The van der Waals surface area contributed by atoms with Gasteiger partial charge in [0.1, 0.15) is 0 Å². The summed E-state index contributed by atoms with van der Waals surface area (Å²) >= 11 is 14.1. The summed E-state index contributed by atoms with van der Waals surface area (Å²) in [6, 6.07) is 10.2. The molecule has 2 aromatic carbocycles. The lowest BCUT2D eigenvalue weighted by molar-refractivity contribution is 0.0642. The third-order valence-corrected chi connectivity index (χ3v) is 4.53. The van der Waals surface area contributed by atoms with E-state index in [1.54, 1.807) is 30.3 Å². The van der Waals surface area contributed by atoms with E-state index in [0.717, 1.165) is 3.57 Å². The first-order valence-corrected chi connectivity index (χ1v) is 7.90. The Bertz CT molecular complexity index is 776. The Morgan fingerprint density at radius 3 is 2.38 bits per heavy atom. The summed E-state index contributed by atoms with van der Waals surface area (Å²) < 4.78 is 0.916. The molecule has 0 saturated heterocycles. The summed E-state index contributed by atoms with van der Waals surface area (Å²) in [6.07, 6.45) is 0. The number of rotatable bonds is 2. The van der Waals surface area contributed by atoms with Crippen LogP contribution in [0.15, 0.2) is 36.4 Å². The highest BCUT2D eigenvalue weighted by atomic mass is 127. The molecule has 0 aliphatic carbocycles. The van der Waals surface area contributed by atoms with Crippen molar-refractivity contribution < 1.29 is 9.59 Å². The number of carbonyl (C=O) groups excluding carboxylic acids is 2. The zero-order chi connectivity index (χ0) is 15.1. The molecule has 2 aromatic rings. The van der Waals surface area contributed by atoms with E-state index >= 15 is 0 Å². The van der Waals surface area contributed by atoms with Crippen molar-refractivity contribution in [2.24, 2.45) is 0 Å². The van der Waals surface area contributed by atoms with Crippen molar-refractivity contribution in [1.82, 2.24) is 4.90 Å². The van der Waals surface area contributed by atoms with Crippen molar-refractivity contribution in [3.8, 4) is 0 Å². The van der Waals surface area contributed by atoms with Gasteiger partial charge >= 0.3 is 0 Å². The van der Waals surface area contributed by atoms with Crippen molar-refractivity contribution >= 4 is 57.6 Å². The van der Waals surface area contributed by atoms with Crippen LogP contribution in [0.3, 0.4) is 0 Å². The molecule has 3 nitrogen and oxygen atoms in total. The predicted octanol–water partition coefficient (Wildman–Crippen LogP) is 4.39. The van der Waals surface area contributed by atoms with Crippen molar-refractivity contribution in [2.75, 3.05) is 0 Å². The minimum Gasteiger partial charge on any atom is -0.270 e. The summed E-state index contributed by atoms with van der Waals surface area (Å²) in [5, 5.41) is 0.953. The molecule has 2 amide bonds. The molecular weight excluding hydrogens is 424 g/mol. The zero-order valence-corrected chi connectivity index (χ0v) is 14.2.